The van der Waals surface area contributed by atoms with Gasteiger partial charge in [-0.2, -0.15) is 0 Å². The Kier molecular flexibility index (Phi) is 6.27. The lowest BCUT2D eigenvalue weighted by atomic mass is 10.1. The molecule has 0 bridgehead atoms. The van der Waals surface area contributed by atoms with Crippen LogP contribution in [0.5, 0.6) is 0 Å². The summed E-state index contributed by atoms with van der Waals surface area (Å²) in [5, 5.41) is 2.91. The van der Waals surface area contributed by atoms with Crippen molar-refractivity contribution in [1.82, 2.24) is 4.90 Å². The van der Waals surface area contributed by atoms with Crippen LogP contribution in [0.4, 0.5) is 5.69 Å². The Labute approximate surface area is 165 Å². The molecule has 0 saturated carbocycles. The first-order chi connectivity index (χ1) is 13.5. The van der Waals surface area contributed by atoms with Crippen LogP contribution in [0.3, 0.4) is 0 Å². The van der Waals surface area contributed by atoms with Crippen molar-refractivity contribution < 1.29 is 14.0 Å². The smallest absolute Gasteiger partial charge is 0.255 e. The molecule has 0 aliphatic rings. The van der Waals surface area contributed by atoms with Crippen molar-refractivity contribution in [2.24, 2.45) is 0 Å². The lowest BCUT2D eigenvalue weighted by Crippen LogP contribution is -2.29. The zero-order valence-corrected chi connectivity index (χ0v) is 16.1. The van der Waals surface area contributed by atoms with Crippen LogP contribution in [0.25, 0.3) is 0 Å². The molecule has 1 aromatic heterocycles. The van der Waals surface area contributed by atoms with Crippen LogP contribution >= 0.6 is 0 Å². The van der Waals surface area contributed by atoms with E-state index in [9.17, 15) is 9.59 Å². The Morgan fingerprint density at radius 3 is 2.54 bits per heavy atom. The molecule has 0 fully saturated rings. The van der Waals surface area contributed by atoms with E-state index in [0.717, 1.165) is 11.3 Å². The highest BCUT2D eigenvalue weighted by Gasteiger charge is 2.18. The molecule has 0 spiro atoms. The number of nitrogens with zero attached hydrogens (tertiary/aromatic N) is 1. The first-order valence-corrected chi connectivity index (χ1v) is 9.29. The van der Waals surface area contributed by atoms with E-state index in [0.29, 0.717) is 24.1 Å². The maximum Gasteiger partial charge on any atom is 0.255 e. The van der Waals surface area contributed by atoms with Gasteiger partial charge in [-0.3, -0.25) is 9.59 Å². The topological polar surface area (TPSA) is 62.6 Å². The summed E-state index contributed by atoms with van der Waals surface area (Å²) in [5.74, 6) is 0.691. The fraction of sp³-hybridized carbons (Fsp3) is 0.217. The third kappa shape index (κ3) is 4.88. The Morgan fingerprint density at radius 2 is 1.82 bits per heavy atom. The number of hydrogen-bond acceptors (Lipinski definition) is 3. The van der Waals surface area contributed by atoms with Crippen LogP contribution < -0.4 is 5.32 Å². The highest BCUT2D eigenvalue weighted by molar-refractivity contribution is 6.04. The maximum absolute atomic E-state index is 12.5. The SMILES string of the molecule is C[C@H](c1cccc(NC(=O)c2ccccc2)c1)N(C)C(=O)CCc1ccco1. The van der Waals surface area contributed by atoms with Gasteiger partial charge >= 0.3 is 0 Å². The molecule has 2 amide bonds. The minimum absolute atomic E-state index is 0.0441. The van der Waals surface area contributed by atoms with Crippen molar-refractivity contribution in [2.45, 2.75) is 25.8 Å². The molecule has 0 radical (unpaired) electrons. The molecule has 144 valence electrons. The minimum atomic E-state index is -0.159. The Morgan fingerprint density at radius 1 is 1.04 bits per heavy atom. The summed E-state index contributed by atoms with van der Waals surface area (Å²) in [5.41, 5.74) is 2.26. The molecular weight excluding hydrogens is 352 g/mol. The van der Waals surface area contributed by atoms with Gasteiger partial charge < -0.3 is 14.6 Å². The summed E-state index contributed by atoms with van der Waals surface area (Å²) in [6, 6.07) is 20.2. The van der Waals surface area contributed by atoms with E-state index in [1.165, 1.54) is 0 Å². The number of furan rings is 1. The minimum Gasteiger partial charge on any atom is -0.469 e. The van der Waals surface area contributed by atoms with Gasteiger partial charge in [0.15, 0.2) is 0 Å². The Balaban J connectivity index is 1.63. The number of anilines is 1. The van der Waals surface area contributed by atoms with E-state index >= 15 is 0 Å². The van der Waals surface area contributed by atoms with Gasteiger partial charge in [-0.1, -0.05) is 30.3 Å². The van der Waals surface area contributed by atoms with Gasteiger partial charge in [0.2, 0.25) is 5.91 Å². The second-order valence-corrected chi connectivity index (χ2v) is 6.71. The molecule has 0 unspecified atom stereocenters. The van der Waals surface area contributed by atoms with Crippen molar-refractivity contribution in [3.8, 4) is 0 Å². The van der Waals surface area contributed by atoms with Crippen molar-refractivity contribution in [1.29, 1.82) is 0 Å². The Bertz CT molecular complexity index is 920. The number of aryl methyl sites for hydroxylation is 1. The normalized spacial score (nSPS) is 11.6. The maximum atomic E-state index is 12.5. The molecule has 5 heteroatoms. The van der Waals surface area contributed by atoms with Gasteiger partial charge in [-0.25, -0.2) is 0 Å². The van der Waals surface area contributed by atoms with Crippen LogP contribution in [-0.4, -0.2) is 23.8 Å². The van der Waals surface area contributed by atoms with E-state index in [2.05, 4.69) is 5.32 Å². The lowest BCUT2D eigenvalue weighted by molar-refractivity contribution is -0.131. The molecule has 3 rings (SSSR count). The van der Waals surface area contributed by atoms with Crippen LogP contribution in [0.1, 0.15) is 41.1 Å². The largest absolute Gasteiger partial charge is 0.469 e. The summed E-state index contributed by atoms with van der Waals surface area (Å²) in [6.07, 6.45) is 2.58. The first-order valence-electron chi connectivity index (χ1n) is 9.29. The number of hydrogen-bond donors (Lipinski definition) is 1. The average molecular weight is 376 g/mol. The van der Waals surface area contributed by atoms with Crippen molar-refractivity contribution in [2.75, 3.05) is 12.4 Å². The number of carbonyl (C=O) groups is 2. The molecular formula is C23H24N2O3. The molecule has 0 aliphatic heterocycles. The first kappa shape index (κ1) is 19.4. The third-order valence-corrected chi connectivity index (χ3v) is 4.80. The van der Waals surface area contributed by atoms with E-state index in [1.807, 2.05) is 61.5 Å². The molecule has 28 heavy (non-hydrogen) atoms. The van der Waals surface area contributed by atoms with Gasteiger partial charge in [0.05, 0.1) is 12.3 Å². The lowest BCUT2D eigenvalue weighted by Gasteiger charge is -2.26. The second-order valence-electron chi connectivity index (χ2n) is 6.71. The zero-order valence-electron chi connectivity index (χ0n) is 16.1. The zero-order chi connectivity index (χ0) is 19.9. The van der Waals surface area contributed by atoms with Gasteiger partial charge in [-0.15, -0.1) is 0 Å². The summed E-state index contributed by atoms with van der Waals surface area (Å²) in [6.45, 7) is 1.98. The van der Waals surface area contributed by atoms with E-state index in [4.69, 9.17) is 4.42 Å². The molecule has 2 aromatic carbocycles. The molecule has 1 N–H and O–H groups in total. The van der Waals surface area contributed by atoms with Gasteiger partial charge in [-0.05, 0) is 48.9 Å². The fourth-order valence-corrected chi connectivity index (χ4v) is 2.97. The van der Waals surface area contributed by atoms with Crippen LogP contribution in [0.2, 0.25) is 0 Å². The van der Waals surface area contributed by atoms with Gasteiger partial charge in [0.1, 0.15) is 5.76 Å². The number of rotatable bonds is 7. The van der Waals surface area contributed by atoms with Gasteiger partial charge in [0.25, 0.3) is 5.91 Å². The van der Waals surface area contributed by atoms with Crippen LogP contribution in [0.15, 0.2) is 77.4 Å². The third-order valence-electron chi connectivity index (χ3n) is 4.80. The number of nitrogens with one attached hydrogen (secondary N) is 1. The van der Waals surface area contributed by atoms with Crippen LogP contribution in [-0.2, 0) is 11.2 Å². The van der Waals surface area contributed by atoms with E-state index in [-0.39, 0.29) is 17.9 Å². The fourth-order valence-electron chi connectivity index (χ4n) is 2.97. The average Bonchev–Trinajstić information content (AvgIpc) is 3.25. The number of amides is 2. The number of benzene rings is 2. The predicted molar refractivity (Wildman–Crippen MR) is 109 cm³/mol. The van der Waals surface area contributed by atoms with Crippen molar-refractivity contribution in [3.63, 3.8) is 0 Å². The summed E-state index contributed by atoms with van der Waals surface area (Å²) >= 11 is 0. The molecule has 0 aliphatic carbocycles. The molecule has 5 nitrogen and oxygen atoms in total. The molecule has 3 aromatic rings. The second kappa shape index (κ2) is 9.04. The quantitative estimate of drug-likeness (QED) is 0.651. The van der Waals surface area contributed by atoms with Crippen LogP contribution in [0, 0.1) is 0 Å². The predicted octanol–water partition coefficient (Wildman–Crippen LogP) is 4.68. The monoisotopic (exact) mass is 376 g/mol. The highest BCUT2D eigenvalue weighted by Crippen LogP contribution is 2.23. The van der Waals surface area contributed by atoms with E-state index in [1.54, 1.807) is 30.3 Å². The summed E-state index contributed by atoms with van der Waals surface area (Å²) in [7, 11) is 1.80. The standard InChI is InChI=1S/C23H24N2O3/c1-17(25(2)22(26)14-13-21-12-7-15-28-21)19-10-6-11-20(16-19)24-23(27)18-8-4-3-5-9-18/h3-12,15-17H,13-14H2,1-2H3,(H,24,27)/t17-/m1/s1. The van der Waals surface area contributed by atoms with Gasteiger partial charge in [0, 0.05) is 31.1 Å². The molecule has 1 atom stereocenters. The van der Waals surface area contributed by atoms with Crippen molar-refractivity contribution in [3.05, 3.63) is 89.9 Å². The molecule has 1 heterocycles. The highest BCUT2D eigenvalue weighted by atomic mass is 16.3. The van der Waals surface area contributed by atoms with E-state index < -0.39 is 0 Å². The summed E-state index contributed by atoms with van der Waals surface area (Å²) in [4.78, 5) is 26.6. The number of carbonyl (C=O) groups excluding carboxylic acids is 2. The molecule has 0 saturated heterocycles. The summed E-state index contributed by atoms with van der Waals surface area (Å²) < 4.78 is 5.29. The van der Waals surface area contributed by atoms with Crippen molar-refractivity contribution >= 4 is 17.5 Å². The Hall–Kier alpha value is -3.34.